The third kappa shape index (κ3) is 4.39. The van der Waals surface area contributed by atoms with Gasteiger partial charge in [-0.2, -0.15) is 0 Å². The molecule has 2 bridgehead atoms. The molecule has 2 saturated carbocycles. The number of benzene rings is 1. The van der Waals surface area contributed by atoms with Gasteiger partial charge in [-0.3, -0.25) is 14.4 Å². The molecule has 8 heteroatoms. The molecule has 40 heavy (non-hydrogen) atoms. The molecule has 3 aliphatic heterocycles. The van der Waals surface area contributed by atoms with Crippen LogP contribution in [-0.2, 0) is 19.1 Å². The second kappa shape index (κ2) is 10.5. The maximum absolute atomic E-state index is 14.4. The molecule has 0 aromatic heterocycles. The summed E-state index contributed by atoms with van der Waals surface area (Å²) in [6, 6.07) is 4.64. The molecule has 3 amide bonds. The van der Waals surface area contributed by atoms with Gasteiger partial charge in [0.2, 0.25) is 17.7 Å². The van der Waals surface area contributed by atoms with E-state index < -0.39 is 29.6 Å². The fourth-order valence-electron chi connectivity index (χ4n) is 8.22. The molecular formula is C32H42ClN3O4. The van der Waals surface area contributed by atoms with E-state index in [0.29, 0.717) is 22.5 Å². The van der Waals surface area contributed by atoms with E-state index >= 15 is 0 Å². The number of hydrogen-bond donors (Lipinski definition) is 2. The van der Waals surface area contributed by atoms with Crippen molar-refractivity contribution in [3.8, 4) is 0 Å². The number of nitrogens with one attached hydrogen (secondary N) is 2. The molecule has 5 aliphatic rings. The zero-order valence-electron chi connectivity index (χ0n) is 24.0. The van der Waals surface area contributed by atoms with E-state index in [1.807, 2.05) is 36.1 Å². The Morgan fingerprint density at radius 3 is 2.52 bits per heavy atom. The number of halogens is 1. The number of rotatable bonds is 5. The van der Waals surface area contributed by atoms with Crippen molar-refractivity contribution in [2.75, 3.05) is 5.32 Å². The lowest BCUT2D eigenvalue weighted by molar-refractivity contribution is -0.146. The maximum Gasteiger partial charge on any atom is 0.246 e. The number of likely N-dealkylation sites (tertiary alicyclic amines) is 1. The van der Waals surface area contributed by atoms with Crippen LogP contribution in [0.2, 0.25) is 5.02 Å². The van der Waals surface area contributed by atoms with Crippen molar-refractivity contribution in [3.05, 3.63) is 40.9 Å². The third-order valence-electron chi connectivity index (χ3n) is 10.8. The van der Waals surface area contributed by atoms with Gasteiger partial charge in [0.15, 0.2) is 0 Å². The lowest BCUT2D eigenvalue weighted by Crippen LogP contribution is -2.60. The Kier molecular flexibility index (Phi) is 7.27. The van der Waals surface area contributed by atoms with Gasteiger partial charge >= 0.3 is 0 Å². The molecule has 6 rings (SSSR count). The smallest absolute Gasteiger partial charge is 0.246 e. The summed E-state index contributed by atoms with van der Waals surface area (Å²) in [7, 11) is 0. The number of ether oxygens (including phenoxy) is 1. The van der Waals surface area contributed by atoms with Crippen LogP contribution in [0.5, 0.6) is 0 Å². The largest absolute Gasteiger partial charge is 0.359 e. The number of fused-ring (bicyclic) bond motifs is 1. The van der Waals surface area contributed by atoms with Gasteiger partial charge in [-0.15, -0.1) is 0 Å². The number of hydrogen-bond acceptors (Lipinski definition) is 4. The highest BCUT2D eigenvalue weighted by atomic mass is 35.5. The number of carbonyl (C=O) groups is 3. The quantitative estimate of drug-likeness (QED) is 0.475. The molecule has 1 aromatic carbocycles. The summed E-state index contributed by atoms with van der Waals surface area (Å²) < 4.78 is 6.57. The average Bonchev–Trinajstić information content (AvgIpc) is 3.56. The molecule has 8 unspecified atom stereocenters. The molecule has 2 N–H and O–H groups in total. The minimum absolute atomic E-state index is 0.0460. The van der Waals surface area contributed by atoms with Gasteiger partial charge in [-0.1, -0.05) is 76.3 Å². The standard InChI is InChI=1S/C32H42ClN3O4/c1-17-9-7-10-23(20(17)4)35-30(38)28-32-15-14-25(40-32)26(29(37)34-21-13-12-18(2)22(33)16-21)27(32)31(39)36(28)24-11-6-5-8-19(24)3/h12-17,19-20,23-28H,5-11H2,1-4H3,(H,34,37)(H,35,38)/t17?,19?,20?,23?,24?,25-,26?,27-,28?,32?/m0/s1. The SMILES string of the molecule is Cc1ccc(NC(=O)C2[C@@H]3C=CC4(O3)C(C(=O)NC3CCCC(C)C3C)N(C3CCCCC3C)C(=O)[C@H]24)cc1Cl. The van der Waals surface area contributed by atoms with Crippen LogP contribution in [0.15, 0.2) is 30.4 Å². The minimum atomic E-state index is -1.14. The van der Waals surface area contributed by atoms with Crippen LogP contribution >= 0.6 is 11.6 Å². The number of amides is 3. The predicted octanol–water partition coefficient (Wildman–Crippen LogP) is 5.26. The van der Waals surface area contributed by atoms with Crippen LogP contribution in [0.1, 0.15) is 71.3 Å². The molecule has 2 aliphatic carbocycles. The van der Waals surface area contributed by atoms with Crippen molar-refractivity contribution in [2.24, 2.45) is 29.6 Å². The molecule has 7 nitrogen and oxygen atoms in total. The molecule has 216 valence electrons. The first kappa shape index (κ1) is 27.8. The zero-order chi connectivity index (χ0) is 28.3. The normalized spacial score (nSPS) is 40.3. The fraction of sp³-hybridized carbons (Fsp3) is 0.656. The number of aryl methyl sites for hydroxylation is 1. The summed E-state index contributed by atoms with van der Waals surface area (Å²) in [6.07, 6.45) is 10.5. The first-order valence-electron chi connectivity index (χ1n) is 15.2. The Bertz CT molecular complexity index is 1230. The van der Waals surface area contributed by atoms with Crippen molar-refractivity contribution in [2.45, 2.75) is 102 Å². The van der Waals surface area contributed by atoms with Gasteiger partial charge in [0.1, 0.15) is 11.6 Å². The second-order valence-electron chi connectivity index (χ2n) is 13.1. The van der Waals surface area contributed by atoms with E-state index in [4.69, 9.17) is 16.3 Å². The third-order valence-corrected chi connectivity index (χ3v) is 11.2. The van der Waals surface area contributed by atoms with Gasteiger partial charge in [0.25, 0.3) is 0 Å². The van der Waals surface area contributed by atoms with Gasteiger partial charge < -0.3 is 20.3 Å². The molecule has 2 saturated heterocycles. The van der Waals surface area contributed by atoms with Crippen molar-refractivity contribution in [1.82, 2.24) is 10.2 Å². The number of nitrogens with zero attached hydrogens (tertiary/aromatic N) is 1. The summed E-state index contributed by atoms with van der Waals surface area (Å²) in [6.45, 7) is 8.56. The van der Waals surface area contributed by atoms with E-state index in [2.05, 4.69) is 31.4 Å². The van der Waals surface area contributed by atoms with Crippen LogP contribution in [-0.4, -0.2) is 52.5 Å². The van der Waals surface area contributed by atoms with Crippen molar-refractivity contribution in [3.63, 3.8) is 0 Å². The Balaban J connectivity index is 1.33. The number of anilines is 1. The monoisotopic (exact) mass is 567 g/mol. The summed E-state index contributed by atoms with van der Waals surface area (Å²) in [4.78, 5) is 44.3. The van der Waals surface area contributed by atoms with Gasteiger partial charge in [-0.25, -0.2) is 0 Å². The van der Waals surface area contributed by atoms with E-state index in [1.165, 1.54) is 6.42 Å². The maximum atomic E-state index is 14.4. The number of carbonyl (C=O) groups excluding carboxylic acids is 3. The predicted molar refractivity (Wildman–Crippen MR) is 155 cm³/mol. The molecule has 3 heterocycles. The average molecular weight is 568 g/mol. The lowest BCUT2D eigenvalue weighted by Gasteiger charge is -2.42. The van der Waals surface area contributed by atoms with Gasteiger partial charge in [0, 0.05) is 22.8 Å². The molecular weight excluding hydrogens is 526 g/mol. The summed E-state index contributed by atoms with van der Waals surface area (Å²) in [5, 5.41) is 6.92. The lowest BCUT2D eigenvalue weighted by atomic mass is 9.73. The first-order chi connectivity index (χ1) is 19.1. The Morgan fingerprint density at radius 1 is 1.02 bits per heavy atom. The van der Waals surface area contributed by atoms with Crippen LogP contribution in [0, 0.1) is 36.5 Å². The Labute approximate surface area is 242 Å². The highest BCUT2D eigenvalue weighted by molar-refractivity contribution is 6.31. The van der Waals surface area contributed by atoms with Crippen LogP contribution in [0.25, 0.3) is 0 Å². The van der Waals surface area contributed by atoms with Crippen LogP contribution in [0.4, 0.5) is 5.69 Å². The zero-order valence-corrected chi connectivity index (χ0v) is 24.7. The van der Waals surface area contributed by atoms with Crippen molar-refractivity contribution >= 4 is 35.0 Å². The van der Waals surface area contributed by atoms with E-state index in [-0.39, 0.29) is 35.7 Å². The van der Waals surface area contributed by atoms with Crippen molar-refractivity contribution in [1.29, 1.82) is 0 Å². The molecule has 10 atom stereocenters. The molecule has 1 spiro atoms. The summed E-state index contributed by atoms with van der Waals surface area (Å²) in [5.41, 5.74) is 0.363. The van der Waals surface area contributed by atoms with Gasteiger partial charge in [-0.05, 0) is 61.6 Å². The van der Waals surface area contributed by atoms with Gasteiger partial charge in [0.05, 0.1) is 17.9 Å². The highest BCUT2D eigenvalue weighted by Crippen LogP contribution is 2.56. The van der Waals surface area contributed by atoms with E-state index in [9.17, 15) is 14.4 Å². The van der Waals surface area contributed by atoms with E-state index in [1.54, 1.807) is 6.07 Å². The summed E-state index contributed by atoms with van der Waals surface area (Å²) in [5.74, 6) is -0.828. The topological polar surface area (TPSA) is 87.7 Å². The molecule has 1 aromatic rings. The molecule has 0 radical (unpaired) electrons. The van der Waals surface area contributed by atoms with E-state index in [0.717, 1.165) is 44.1 Å². The molecule has 4 fully saturated rings. The minimum Gasteiger partial charge on any atom is -0.359 e. The summed E-state index contributed by atoms with van der Waals surface area (Å²) >= 11 is 6.31. The van der Waals surface area contributed by atoms with Crippen molar-refractivity contribution < 1.29 is 19.1 Å². The fourth-order valence-corrected chi connectivity index (χ4v) is 8.40. The van der Waals surface area contributed by atoms with Crippen LogP contribution < -0.4 is 10.6 Å². The highest BCUT2D eigenvalue weighted by Gasteiger charge is 2.73. The Hall–Kier alpha value is -2.38. The Morgan fingerprint density at radius 2 is 1.77 bits per heavy atom. The van der Waals surface area contributed by atoms with Crippen LogP contribution in [0.3, 0.4) is 0 Å². The second-order valence-corrected chi connectivity index (χ2v) is 13.5. The first-order valence-corrected chi connectivity index (χ1v) is 15.6.